The van der Waals surface area contributed by atoms with Crippen molar-refractivity contribution < 1.29 is 0 Å². The average molecular weight is 404 g/mol. The minimum atomic E-state index is -0.110. The molecule has 0 aliphatic rings. The Morgan fingerprint density at radius 1 is 1.00 bits per heavy atom. The molecule has 0 spiro atoms. The van der Waals surface area contributed by atoms with Crippen LogP contribution in [0.2, 0.25) is 5.02 Å². The first-order valence-electron chi connectivity index (χ1n) is 9.45. The molecule has 29 heavy (non-hydrogen) atoms. The van der Waals surface area contributed by atoms with E-state index in [1.54, 1.807) is 6.20 Å². The number of benzene rings is 2. The molecule has 2 heterocycles. The zero-order chi connectivity index (χ0) is 20.5. The van der Waals surface area contributed by atoms with Crippen LogP contribution in [0.25, 0.3) is 22.2 Å². The summed E-state index contributed by atoms with van der Waals surface area (Å²) in [6, 6.07) is 16.0. The second kappa shape index (κ2) is 7.68. The van der Waals surface area contributed by atoms with Gasteiger partial charge in [-0.15, -0.1) is 0 Å². The Bertz CT molecular complexity index is 1210. The number of hydrogen-bond donors (Lipinski definition) is 2. The van der Waals surface area contributed by atoms with Gasteiger partial charge in [0.05, 0.1) is 17.3 Å². The topological polar surface area (TPSA) is 76.7 Å². The minimum Gasteiger partial charge on any atom is -0.383 e. The third-order valence-corrected chi connectivity index (χ3v) is 5.36. The quantitative estimate of drug-likeness (QED) is 0.455. The Morgan fingerprint density at radius 2 is 1.79 bits per heavy atom. The summed E-state index contributed by atoms with van der Waals surface area (Å²) >= 11 is 6.52. The molecule has 1 atom stereocenters. The van der Waals surface area contributed by atoms with Crippen LogP contribution < -0.4 is 11.1 Å². The molecule has 1 unspecified atom stereocenters. The number of anilines is 2. The van der Waals surface area contributed by atoms with Gasteiger partial charge in [-0.05, 0) is 38.5 Å². The maximum Gasteiger partial charge on any atom is 0.225 e. The summed E-state index contributed by atoms with van der Waals surface area (Å²) in [6.45, 7) is 6.00. The lowest BCUT2D eigenvalue weighted by molar-refractivity contribution is 0.859. The highest BCUT2D eigenvalue weighted by Crippen LogP contribution is 2.35. The van der Waals surface area contributed by atoms with Crippen LogP contribution in [-0.4, -0.2) is 15.0 Å². The number of nitrogens with one attached hydrogen (secondary N) is 1. The van der Waals surface area contributed by atoms with Crippen LogP contribution >= 0.6 is 11.6 Å². The number of para-hydroxylation sites is 1. The van der Waals surface area contributed by atoms with Crippen molar-refractivity contribution in [3.63, 3.8) is 0 Å². The summed E-state index contributed by atoms with van der Waals surface area (Å²) in [5, 5.41) is 5.09. The highest BCUT2D eigenvalue weighted by molar-refractivity contribution is 6.33. The predicted molar refractivity (Wildman–Crippen MR) is 120 cm³/mol. The molecule has 0 radical (unpaired) electrons. The van der Waals surface area contributed by atoms with E-state index in [-0.39, 0.29) is 6.04 Å². The molecule has 0 bridgehead atoms. The second-order valence-corrected chi connectivity index (χ2v) is 7.59. The van der Waals surface area contributed by atoms with Crippen LogP contribution in [0, 0.1) is 13.8 Å². The van der Waals surface area contributed by atoms with E-state index in [0.29, 0.717) is 16.8 Å². The fourth-order valence-electron chi connectivity index (χ4n) is 3.36. The predicted octanol–water partition coefficient (Wildman–Crippen LogP) is 5.72. The molecular formula is C23H22ClN5. The molecule has 4 aromatic rings. The molecule has 2 aromatic carbocycles. The third kappa shape index (κ3) is 3.74. The number of hydrogen-bond acceptors (Lipinski definition) is 5. The largest absolute Gasteiger partial charge is 0.383 e. The monoisotopic (exact) mass is 403 g/mol. The number of aromatic nitrogens is 3. The van der Waals surface area contributed by atoms with Crippen LogP contribution in [0.3, 0.4) is 0 Å². The van der Waals surface area contributed by atoms with Crippen molar-refractivity contribution >= 4 is 34.3 Å². The summed E-state index contributed by atoms with van der Waals surface area (Å²) in [7, 11) is 0. The lowest BCUT2D eigenvalue weighted by Crippen LogP contribution is -2.12. The highest BCUT2D eigenvalue weighted by Gasteiger charge is 2.18. The van der Waals surface area contributed by atoms with Crippen LogP contribution in [0.15, 0.2) is 54.7 Å². The van der Waals surface area contributed by atoms with E-state index < -0.39 is 0 Å². The van der Waals surface area contributed by atoms with Crippen LogP contribution in [0.1, 0.15) is 29.7 Å². The Balaban J connectivity index is 1.86. The first kappa shape index (κ1) is 19.2. The van der Waals surface area contributed by atoms with Gasteiger partial charge < -0.3 is 11.1 Å². The number of pyridine rings is 1. The number of nitrogens with two attached hydrogens (primary N) is 1. The zero-order valence-corrected chi connectivity index (χ0v) is 17.3. The lowest BCUT2D eigenvalue weighted by atomic mass is 9.97. The van der Waals surface area contributed by atoms with Crippen molar-refractivity contribution in [1.82, 2.24) is 15.0 Å². The van der Waals surface area contributed by atoms with E-state index >= 15 is 0 Å². The van der Waals surface area contributed by atoms with Gasteiger partial charge in [0.25, 0.3) is 0 Å². The van der Waals surface area contributed by atoms with Gasteiger partial charge >= 0.3 is 0 Å². The highest BCUT2D eigenvalue weighted by atomic mass is 35.5. The number of fused-ring (bicyclic) bond motifs is 1. The standard InChI is InChI=1S/C23H22ClN5/c1-13-7-6-8-16-11-18(15(3)27-23-26-12-14(2)22(25)29-23)21(28-20(13)16)17-9-4-5-10-19(17)24/h4-12,15H,1-3H3,(H3,25,26,27,29). The second-order valence-electron chi connectivity index (χ2n) is 7.18. The molecule has 146 valence electrons. The van der Waals surface area contributed by atoms with Crippen molar-refractivity contribution in [2.45, 2.75) is 26.8 Å². The van der Waals surface area contributed by atoms with Crippen LogP contribution in [0.4, 0.5) is 11.8 Å². The number of aryl methyl sites for hydroxylation is 2. The van der Waals surface area contributed by atoms with Crippen molar-refractivity contribution in [3.8, 4) is 11.3 Å². The van der Waals surface area contributed by atoms with Crippen molar-refractivity contribution in [2.75, 3.05) is 11.1 Å². The molecule has 5 nitrogen and oxygen atoms in total. The van der Waals surface area contributed by atoms with Crippen LogP contribution in [0.5, 0.6) is 0 Å². The van der Waals surface area contributed by atoms with Gasteiger partial charge in [0, 0.05) is 33.3 Å². The number of nitrogens with zero attached hydrogens (tertiary/aromatic N) is 3. The first-order valence-corrected chi connectivity index (χ1v) is 9.82. The van der Waals surface area contributed by atoms with E-state index in [0.717, 1.165) is 38.9 Å². The number of nitrogen functional groups attached to an aromatic ring is 1. The molecule has 0 saturated heterocycles. The maximum atomic E-state index is 6.52. The van der Waals surface area contributed by atoms with Crippen molar-refractivity contribution in [2.24, 2.45) is 0 Å². The number of halogens is 1. The number of rotatable bonds is 4. The summed E-state index contributed by atoms with van der Waals surface area (Å²) in [6.07, 6.45) is 1.72. The van der Waals surface area contributed by atoms with Gasteiger partial charge in [0.1, 0.15) is 5.82 Å². The van der Waals surface area contributed by atoms with E-state index in [2.05, 4.69) is 47.3 Å². The molecule has 3 N–H and O–H groups in total. The smallest absolute Gasteiger partial charge is 0.225 e. The average Bonchev–Trinajstić information content (AvgIpc) is 2.71. The Hall–Kier alpha value is -3.18. The van der Waals surface area contributed by atoms with Gasteiger partial charge in [0.15, 0.2) is 0 Å². The SMILES string of the molecule is Cc1cnc(NC(C)c2cc3cccc(C)c3nc2-c2ccccc2Cl)nc1N. The maximum absolute atomic E-state index is 6.52. The van der Waals surface area contributed by atoms with E-state index in [4.69, 9.17) is 22.3 Å². The van der Waals surface area contributed by atoms with Gasteiger partial charge in [-0.25, -0.2) is 9.97 Å². The molecular weight excluding hydrogens is 382 g/mol. The fraction of sp³-hybridized carbons (Fsp3) is 0.174. The van der Waals surface area contributed by atoms with E-state index in [1.807, 2.05) is 37.3 Å². The Labute approximate surface area is 175 Å². The Kier molecular flexibility index (Phi) is 5.07. The zero-order valence-electron chi connectivity index (χ0n) is 16.6. The van der Waals surface area contributed by atoms with Gasteiger partial charge in [-0.3, -0.25) is 0 Å². The molecule has 0 saturated carbocycles. The van der Waals surface area contributed by atoms with Gasteiger partial charge in [-0.1, -0.05) is 48.0 Å². The van der Waals surface area contributed by atoms with Crippen LogP contribution in [-0.2, 0) is 0 Å². The van der Waals surface area contributed by atoms with E-state index in [1.165, 1.54) is 0 Å². The molecule has 0 fully saturated rings. The Morgan fingerprint density at radius 3 is 2.55 bits per heavy atom. The normalized spacial score (nSPS) is 12.1. The first-order chi connectivity index (χ1) is 13.9. The lowest BCUT2D eigenvalue weighted by Gasteiger charge is -2.20. The molecule has 0 aliphatic carbocycles. The van der Waals surface area contributed by atoms with Gasteiger partial charge in [-0.2, -0.15) is 4.98 Å². The minimum absolute atomic E-state index is 0.110. The summed E-state index contributed by atoms with van der Waals surface area (Å²) in [4.78, 5) is 13.7. The summed E-state index contributed by atoms with van der Waals surface area (Å²) in [5.74, 6) is 0.948. The van der Waals surface area contributed by atoms with Gasteiger partial charge in [0.2, 0.25) is 5.95 Å². The summed E-state index contributed by atoms with van der Waals surface area (Å²) in [5.41, 5.74) is 11.6. The van der Waals surface area contributed by atoms with E-state index in [9.17, 15) is 0 Å². The molecule has 4 rings (SSSR count). The third-order valence-electron chi connectivity index (χ3n) is 5.03. The van der Waals surface area contributed by atoms with Crippen molar-refractivity contribution in [1.29, 1.82) is 0 Å². The molecule has 2 aromatic heterocycles. The van der Waals surface area contributed by atoms with Crippen molar-refractivity contribution in [3.05, 3.63) is 76.4 Å². The molecule has 0 amide bonds. The summed E-state index contributed by atoms with van der Waals surface area (Å²) < 4.78 is 0. The molecule has 0 aliphatic heterocycles. The fourth-order valence-corrected chi connectivity index (χ4v) is 3.58. The molecule has 6 heteroatoms.